The van der Waals surface area contributed by atoms with Gasteiger partial charge in [-0.3, -0.25) is 14.5 Å². The van der Waals surface area contributed by atoms with Crippen LogP contribution in [0.25, 0.3) is 0 Å². The highest BCUT2D eigenvalue weighted by Crippen LogP contribution is 2.53. The van der Waals surface area contributed by atoms with Crippen molar-refractivity contribution >= 4 is 5.91 Å². The van der Waals surface area contributed by atoms with E-state index in [-0.39, 0.29) is 23.1 Å². The number of H-pyrrole nitrogens is 1. The first-order valence-corrected chi connectivity index (χ1v) is 11.9. The number of carbonyl (C=O) groups is 1. The van der Waals surface area contributed by atoms with Gasteiger partial charge in [0.2, 0.25) is 0 Å². The van der Waals surface area contributed by atoms with Crippen LogP contribution in [0.1, 0.15) is 59.3 Å². The van der Waals surface area contributed by atoms with Crippen molar-refractivity contribution < 1.29 is 4.79 Å². The fraction of sp³-hybridized carbons (Fsp3) is 0.538. The highest BCUT2D eigenvalue weighted by Gasteiger charge is 2.48. The Kier molecular flexibility index (Phi) is 4.75. The summed E-state index contributed by atoms with van der Waals surface area (Å²) in [7, 11) is 0. The predicted molar refractivity (Wildman–Crippen MR) is 120 cm³/mol. The molecule has 2 aromatic rings. The summed E-state index contributed by atoms with van der Waals surface area (Å²) < 4.78 is 0. The number of nitrogens with zero attached hydrogens (tertiary/aromatic N) is 1. The number of pyridine rings is 1. The van der Waals surface area contributed by atoms with Crippen molar-refractivity contribution in [3.05, 3.63) is 69.1 Å². The molecule has 5 nitrogen and oxygen atoms in total. The number of rotatable bonds is 4. The number of amides is 1. The van der Waals surface area contributed by atoms with Crippen molar-refractivity contribution in [2.45, 2.75) is 57.7 Å². The summed E-state index contributed by atoms with van der Waals surface area (Å²) in [6.07, 6.45) is 7.46. The van der Waals surface area contributed by atoms with Crippen molar-refractivity contribution in [1.82, 2.24) is 15.2 Å². The Balaban J connectivity index is 1.12. The first-order chi connectivity index (χ1) is 15.1. The number of aromatic amines is 1. The maximum Gasteiger partial charge on any atom is 0.261 e. The Bertz CT molecular complexity index is 1030. The molecule has 0 unspecified atom stereocenters. The molecule has 1 aromatic carbocycles. The largest absolute Gasteiger partial charge is 0.349 e. The van der Waals surface area contributed by atoms with Crippen LogP contribution < -0.4 is 10.9 Å². The number of aromatic nitrogens is 1. The van der Waals surface area contributed by atoms with Gasteiger partial charge in [0.05, 0.1) is 0 Å². The van der Waals surface area contributed by atoms with Gasteiger partial charge in [0.15, 0.2) is 0 Å². The Morgan fingerprint density at radius 3 is 2.39 bits per heavy atom. The number of fused-ring (bicyclic) bond motifs is 1. The SMILES string of the molecule is O=C(NC1C2CC3CC(C2)CC1C3)c1ccc(CN2CCc3ccccc3C2)[nH]c1=O. The van der Waals surface area contributed by atoms with Crippen LogP contribution in [0.4, 0.5) is 0 Å². The van der Waals surface area contributed by atoms with Gasteiger partial charge in [-0.05, 0) is 85.5 Å². The summed E-state index contributed by atoms with van der Waals surface area (Å²) in [5.74, 6) is 2.78. The topological polar surface area (TPSA) is 65.2 Å². The van der Waals surface area contributed by atoms with Crippen molar-refractivity contribution in [3.8, 4) is 0 Å². The van der Waals surface area contributed by atoms with E-state index in [2.05, 4.69) is 39.5 Å². The lowest BCUT2D eigenvalue weighted by Crippen LogP contribution is -2.56. The lowest BCUT2D eigenvalue weighted by atomic mass is 9.54. The van der Waals surface area contributed by atoms with E-state index in [9.17, 15) is 9.59 Å². The van der Waals surface area contributed by atoms with E-state index in [1.165, 1.54) is 43.2 Å². The molecule has 5 heteroatoms. The Morgan fingerprint density at radius 2 is 1.68 bits per heavy atom. The van der Waals surface area contributed by atoms with E-state index in [1.807, 2.05) is 6.07 Å². The van der Waals surface area contributed by atoms with Crippen LogP contribution in [0, 0.1) is 23.7 Å². The quantitative estimate of drug-likeness (QED) is 0.800. The molecule has 1 amide bonds. The van der Waals surface area contributed by atoms with Gasteiger partial charge in [-0.25, -0.2) is 0 Å². The van der Waals surface area contributed by atoms with Crippen LogP contribution in [0.2, 0.25) is 0 Å². The van der Waals surface area contributed by atoms with Crippen LogP contribution >= 0.6 is 0 Å². The third-order valence-electron chi connectivity index (χ3n) is 8.34. The second kappa shape index (κ2) is 7.63. The van der Waals surface area contributed by atoms with Crippen molar-refractivity contribution in [3.63, 3.8) is 0 Å². The van der Waals surface area contributed by atoms with Crippen molar-refractivity contribution in [2.75, 3.05) is 6.54 Å². The molecule has 5 aliphatic rings. The minimum Gasteiger partial charge on any atom is -0.349 e. The fourth-order valence-electron chi connectivity index (χ4n) is 7.11. The van der Waals surface area contributed by atoms with Crippen molar-refractivity contribution in [2.24, 2.45) is 23.7 Å². The van der Waals surface area contributed by atoms with Gasteiger partial charge in [0.25, 0.3) is 11.5 Å². The van der Waals surface area contributed by atoms with Gasteiger partial charge in [0.1, 0.15) is 5.56 Å². The number of carbonyl (C=O) groups excluding carboxylic acids is 1. The zero-order chi connectivity index (χ0) is 20.9. The Hall–Kier alpha value is -2.40. The summed E-state index contributed by atoms with van der Waals surface area (Å²) in [4.78, 5) is 31.0. The average Bonchev–Trinajstić information content (AvgIpc) is 2.75. The Morgan fingerprint density at radius 1 is 0.968 bits per heavy atom. The zero-order valence-corrected chi connectivity index (χ0v) is 18.0. The molecule has 2 heterocycles. The maximum absolute atomic E-state index is 13.0. The molecule has 1 aliphatic heterocycles. The molecule has 4 aliphatic carbocycles. The molecule has 31 heavy (non-hydrogen) atoms. The lowest BCUT2D eigenvalue weighted by Gasteiger charge is -2.54. The number of hydrogen-bond donors (Lipinski definition) is 2. The molecule has 0 spiro atoms. The molecule has 2 N–H and O–H groups in total. The van der Waals surface area contributed by atoms with Crippen LogP contribution in [-0.2, 0) is 19.5 Å². The molecular weight excluding hydrogens is 386 g/mol. The Labute approximate surface area is 183 Å². The monoisotopic (exact) mass is 417 g/mol. The summed E-state index contributed by atoms with van der Waals surface area (Å²) in [5.41, 5.74) is 3.64. The summed E-state index contributed by atoms with van der Waals surface area (Å²) in [5, 5.41) is 3.26. The molecule has 1 aromatic heterocycles. The van der Waals surface area contributed by atoms with E-state index in [0.29, 0.717) is 18.4 Å². The van der Waals surface area contributed by atoms with Gasteiger partial charge < -0.3 is 10.3 Å². The van der Waals surface area contributed by atoms with Gasteiger partial charge in [-0.2, -0.15) is 0 Å². The first-order valence-electron chi connectivity index (χ1n) is 11.9. The van der Waals surface area contributed by atoms with E-state index < -0.39 is 0 Å². The van der Waals surface area contributed by atoms with Crippen molar-refractivity contribution in [1.29, 1.82) is 0 Å². The van der Waals surface area contributed by atoms with E-state index in [4.69, 9.17) is 0 Å². The lowest BCUT2D eigenvalue weighted by molar-refractivity contribution is -0.0119. The summed E-state index contributed by atoms with van der Waals surface area (Å²) >= 11 is 0. The van der Waals surface area contributed by atoms with Gasteiger partial charge in [-0.1, -0.05) is 24.3 Å². The second-order valence-corrected chi connectivity index (χ2v) is 10.4. The number of hydrogen-bond acceptors (Lipinski definition) is 3. The van der Waals surface area contributed by atoms with E-state index in [0.717, 1.165) is 37.0 Å². The normalized spacial score (nSPS) is 31.4. The first kappa shape index (κ1) is 19.3. The summed E-state index contributed by atoms with van der Waals surface area (Å²) in [6.45, 7) is 2.57. The number of benzene rings is 1. The van der Waals surface area contributed by atoms with E-state index >= 15 is 0 Å². The van der Waals surface area contributed by atoms with Crippen LogP contribution in [0.5, 0.6) is 0 Å². The molecule has 4 bridgehead atoms. The van der Waals surface area contributed by atoms with Crippen LogP contribution in [0.15, 0.2) is 41.2 Å². The summed E-state index contributed by atoms with van der Waals surface area (Å²) in [6, 6.07) is 12.5. The molecule has 7 rings (SSSR count). The van der Waals surface area contributed by atoms with Crippen LogP contribution in [-0.4, -0.2) is 28.4 Å². The highest BCUT2D eigenvalue weighted by atomic mass is 16.2. The minimum absolute atomic E-state index is 0.197. The van der Waals surface area contributed by atoms with E-state index in [1.54, 1.807) is 6.07 Å². The van der Waals surface area contributed by atoms with Gasteiger partial charge in [0, 0.05) is 31.4 Å². The molecule has 0 atom stereocenters. The third kappa shape index (κ3) is 3.63. The van der Waals surface area contributed by atoms with Gasteiger partial charge in [-0.15, -0.1) is 0 Å². The fourth-order valence-corrected chi connectivity index (χ4v) is 7.11. The molecule has 0 radical (unpaired) electrons. The molecule has 4 saturated carbocycles. The highest BCUT2D eigenvalue weighted by molar-refractivity contribution is 5.94. The average molecular weight is 418 g/mol. The number of nitrogens with one attached hydrogen (secondary N) is 2. The van der Waals surface area contributed by atoms with Gasteiger partial charge >= 0.3 is 0 Å². The standard InChI is InChI=1S/C26H31N3O2/c30-25-23(26(31)28-24-20-10-16-9-17(12-20)13-21(24)11-16)6-5-22(27-25)15-29-8-7-18-3-1-2-4-19(18)14-29/h1-6,16-17,20-21,24H,7-15H2,(H,27,30)(H,28,31). The zero-order valence-electron chi connectivity index (χ0n) is 18.0. The predicted octanol–water partition coefficient (Wildman–Crippen LogP) is 3.49. The van der Waals surface area contributed by atoms with Crippen LogP contribution in [0.3, 0.4) is 0 Å². The minimum atomic E-state index is -0.267. The third-order valence-corrected chi connectivity index (χ3v) is 8.34. The molecule has 162 valence electrons. The smallest absolute Gasteiger partial charge is 0.261 e. The molecule has 4 fully saturated rings. The second-order valence-electron chi connectivity index (χ2n) is 10.4. The molecule has 0 saturated heterocycles. The molecular formula is C26H31N3O2. The maximum atomic E-state index is 13.0.